The number of fused-ring (bicyclic) bond motifs is 1. The molecule has 1 heterocycles. The van der Waals surface area contributed by atoms with E-state index in [1.165, 1.54) is 16.9 Å². The Morgan fingerprint density at radius 1 is 1.29 bits per heavy atom. The van der Waals surface area contributed by atoms with Crippen LogP contribution in [-0.4, -0.2) is 29.6 Å². The second-order valence-corrected chi connectivity index (χ2v) is 10.5. The van der Waals surface area contributed by atoms with E-state index in [4.69, 9.17) is 0 Å². The Balaban J connectivity index is 1.99. The van der Waals surface area contributed by atoms with E-state index in [1.54, 1.807) is 11.3 Å². The molecule has 3 nitrogen and oxygen atoms in total. The first-order chi connectivity index (χ1) is 13.2. The van der Waals surface area contributed by atoms with Crippen LogP contribution in [0.4, 0.5) is 0 Å². The predicted octanol–water partition coefficient (Wildman–Crippen LogP) is 6.11. The Hall–Kier alpha value is -1.65. The number of hydrogen-bond donors (Lipinski definition) is 1. The van der Waals surface area contributed by atoms with Crippen LogP contribution in [0.5, 0.6) is 0 Å². The van der Waals surface area contributed by atoms with E-state index in [-0.39, 0.29) is 5.41 Å². The molecule has 0 saturated heterocycles. The van der Waals surface area contributed by atoms with Gasteiger partial charge in [0.2, 0.25) is 0 Å². The summed E-state index contributed by atoms with van der Waals surface area (Å²) in [7, 11) is 2.15. The molecule has 4 heteroatoms. The van der Waals surface area contributed by atoms with Crippen molar-refractivity contribution < 1.29 is 9.90 Å². The molecule has 0 bridgehead atoms. The molecule has 0 unspecified atom stereocenters. The number of carboxylic acids is 1. The maximum Gasteiger partial charge on any atom is 0.337 e. The molecule has 0 atom stereocenters. The molecule has 1 aromatic carbocycles. The van der Waals surface area contributed by atoms with Gasteiger partial charge >= 0.3 is 5.97 Å². The van der Waals surface area contributed by atoms with Crippen molar-refractivity contribution in [1.29, 1.82) is 0 Å². The quantitative estimate of drug-likeness (QED) is 0.611. The average Bonchev–Trinajstić information content (AvgIpc) is 2.97. The molecule has 1 aliphatic carbocycles. The van der Waals surface area contributed by atoms with Crippen molar-refractivity contribution in [3.05, 3.63) is 45.8 Å². The lowest BCUT2D eigenvalue weighted by Gasteiger charge is -2.29. The summed E-state index contributed by atoms with van der Waals surface area (Å²) in [6.07, 6.45) is 4.14. The number of carbonyl (C=O) groups is 1. The summed E-state index contributed by atoms with van der Waals surface area (Å²) in [5.74, 6) is -0.100. The Morgan fingerprint density at radius 3 is 2.68 bits per heavy atom. The zero-order valence-corrected chi connectivity index (χ0v) is 18.7. The van der Waals surface area contributed by atoms with Crippen molar-refractivity contribution in [2.45, 2.75) is 59.9 Å². The molecule has 28 heavy (non-hydrogen) atoms. The third-order valence-corrected chi connectivity index (χ3v) is 7.10. The number of benzene rings is 1. The van der Waals surface area contributed by atoms with Crippen LogP contribution in [-0.2, 0) is 19.4 Å². The minimum absolute atomic E-state index is 0.173. The van der Waals surface area contributed by atoms with Gasteiger partial charge in [-0.2, -0.15) is 0 Å². The molecule has 0 spiro atoms. The van der Waals surface area contributed by atoms with Crippen LogP contribution in [0.15, 0.2) is 24.3 Å². The third-order valence-electron chi connectivity index (χ3n) is 5.78. The Bertz CT molecular complexity index is 850. The average molecular weight is 400 g/mol. The lowest BCUT2D eigenvalue weighted by atomic mass is 9.76. The van der Waals surface area contributed by atoms with Gasteiger partial charge in [-0.1, -0.05) is 52.0 Å². The van der Waals surface area contributed by atoms with Gasteiger partial charge in [-0.25, -0.2) is 4.79 Å². The van der Waals surface area contributed by atoms with Gasteiger partial charge < -0.3 is 10.0 Å². The molecular formula is C24H33NO2S. The van der Waals surface area contributed by atoms with Gasteiger partial charge in [0.15, 0.2) is 0 Å². The van der Waals surface area contributed by atoms with Crippen LogP contribution >= 0.6 is 11.3 Å². The minimum atomic E-state index is -0.784. The predicted molar refractivity (Wildman–Crippen MR) is 118 cm³/mol. The van der Waals surface area contributed by atoms with Gasteiger partial charge in [0.25, 0.3) is 0 Å². The van der Waals surface area contributed by atoms with E-state index >= 15 is 0 Å². The number of aryl methyl sites for hydroxylation is 1. The van der Waals surface area contributed by atoms with E-state index in [0.717, 1.165) is 48.4 Å². The summed E-state index contributed by atoms with van der Waals surface area (Å²) in [4.78, 5) is 16.8. The summed E-state index contributed by atoms with van der Waals surface area (Å²) < 4.78 is 0. The molecule has 0 fully saturated rings. The van der Waals surface area contributed by atoms with Gasteiger partial charge in [-0.05, 0) is 67.3 Å². The zero-order valence-electron chi connectivity index (χ0n) is 17.8. The topological polar surface area (TPSA) is 40.5 Å². The third kappa shape index (κ3) is 4.66. The van der Waals surface area contributed by atoms with Crippen LogP contribution < -0.4 is 0 Å². The summed E-state index contributed by atoms with van der Waals surface area (Å²) >= 11 is 1.70. The van der Waals surface area contributed by atoms with E-state index in [0.29, 0.717) is 11.5 Å². The molecule has 1 N–H and O–H groups in total. The van der Waals surface area contributed by atoms with Crippen molar-refractivity contribution >= 4 is 17.3 Å². The Morgan fingerprint density at radius 2 is 2.00 bits per heavy atom. The highest BCUT2D eigenvalue weighted by Gasteiger charge is 2.33. The van der Waals surface area contributed by atoms with Crippen molar-refractivity contribution in [3.8, 4) is 10.4 Å². The second-order valence-electron chi connectivity index (χ2n) is 9.43. The molecule has 0 radical (unpaired) electrons. The van der Waals surface area contributed by atoms with E-state index < -0.39 is 5.97 Å². The van der Waals surface area contributed by atoms with Gasteiger partial charge in [-0.3, -0.25) is 0 Å². The van der Waals surface area contributed by atoms with Crippen molar-refractivity contribution in [1.82, 2.24) is 4.90 Å². The highest BCUT2D eigenvalue weighted by molar-refractivity contribution is 7.16. The maximum atomic E-state index is 12.2. The first-order valence-corrected chi connectivity index (χ1v) is 11.1. The lowest BCUT2D eigenvalue weighted by molar-refractivity contribution is 0.0696. The van der Waals surface area contributed by atoms with Crippen LogP contribution in [0.2, 0.25) is 0 Å². The number of carboxylic acid groups (broad SMARTS) is 1. The summed E-state index contributed by atoms with van der Waals surface area (Å²) in [6.45, 7) is 10.9. The molecule has 3 rings (SSSR count). The molecule has 0 aliphatic heterocycles. The maximum absolute atomic E-state index is 12.2. The van der Waals surface area contributed by atoms with E-state index in [2.05, 4.69) is 57.8 Å². The fraction of sp³-hybridized carbons (Fsp3) is 0.542. The second kappa shape index (κ2) is 8.38. The van der Waals surface area contributed by atoms with Crippen LogP contribution in [0.25, 0.3) is 10.4 Å². The van der Waals surface area contributed by atoms with Crippen LogP contribution in [0, 0.1) is 11.3 Å². The van der Waals surface area contributed by atoms with Crippen molar-refractivity contribution in [3.63, 3.8) is 0 Å². The van der Waals surface area contributed by atoms with Crippen molar-refractivity contribution in [2.75, 3.05) is 13.6 Å². The number of hydrogen-bond acceptors (Lipinski definition) is 3. The molecule has 2 aromatic rings. The first kappa shape index (κ1) is 21.1. The van der Waals surface area contributed by atoms with Gasteiger partial charge in [0, 0.05) is 16.3 Å². The van der Waals surface area contributed by atoms with Gasteiger partial charge in [0.1, 0.15) is 0 Å². The fourth-order valence-corrected chi connectivity index (χ4v) is 5.43. The van der Waals surface area contributed by atoms with Crippen LogP contribution in [0.1, 0.15) is 66.9 Å². The Kier molecular flexibility index (Phi) is 6.31. The normalized spacial score (nSPS) is 15.8. The standard InChI is InChI=1S/C24H33NO2S/c1-16(2)11-13-25(5)15-17-8-6-7-9-18(17)22-21(23(26)27)19-14-24(3,4)12-10-20(19)28-22/h6-9,16H,10-15H2,1-5H3,(H,26,27). The van der Waals surface area contributed by atoms with E-state index in [9.17, 15) is 9.90 Å². The minimum Gasteiger partial charge on any atom is -0.478 e. The van der Waals surface area contributed by atoms with E-state index in [1.807, 2.05) is 6.07 Å². The number of rotatable bonds is 7. The molecular weight excluding hydrogens is 366 g/mol. The molecule has 152 valence electrons. The monoisotopic (exact) mass is 399 g/mol. The number of thiophene rings is 1. The summed E-state index contributed by atoms with van der Waals surface area (Å²) in [5, 5.41) is 10.1. The molecule has 1 aliphatic rings. The molecule has 1 aromatic heterocycles. The zero-order chi connectivity index (χ0) is 20.5. The SMILES string of the molecule is CC(C)CCN(C)Cc1ccccc1-c1sc2c(c1C(=O)O)CC(C)(C)CC2. The highest BCUT2D eigenvalue weighted by atomic mass is 32.1. The largest absolute Gasteiger partial charge is 0.478 e. The van der Waals surface area contributed by atoms with Gasteiger partial charge in [0.05, 0.1) is 5.56 Å². The fourth-order valence-electron chi connectivity index (χ4n) is 4.06. The van der Waals surface area contributed by atoms with Crippen molar-refractivity contribution in [2.24, 2.45) is 11.3 Å². The summed E-state index contributed by atoms with van der Waals surface area (Å²) in [6, 6.07) is 8.34. The summed E-state index contributed by atoms with van der Waals surface area (Å²) in [5.41, 5.74) is 4.10. The molecule has 0 amide bonds. The van der Waals surface area contributed by atoms with Gasteiger partial charge in [-0.15, -0.1) is 11.3 Å². The number of nitrogens with zero attached hydrogens (tertiary/aromatic N) is 1. The van der Waals surface area contributed by atoms with Crippen LogP contribution in [0.3, 0.4) is 0 Å². The Labute approximate surface area is 173 Å². The lowest BCUT2D eigenvalue weighted by Crippen LogP contribution is -2.22. The smallest absolute Gasteiger partial charge is 0.337 e. The number of aromatic carboxylic acids is 1. The highest BCUT2D eigenvalue weighted by Crippen LogP contribution is 2.45. The first-order valence-electron chi connectivity index (χ1n) is 10.3. The molecule has 0 saturated carbocycles.